The monoisotopic (exact) mass is 553 g/mol. The summed E-state index contributed by atoms with van der Waals surface area (Å²) < 4.78 is 10.6. The Morgan fingerprint density at radius 2 is 1.74 bits per heavy atom. The fourth-order valence-electron chi connectivity index (χ4n) is 3.91. The second-order valence-electron chi connectivity index (χ2n) is 8.20. The number of esters is 2. The number of halogens is 1. The Balaban J connectivity index is 1.42. The third-order valence-electron chi connectivity index (χ3n) is 5.67. The second-order valence-corrected chi connectivity index (χ2v) is 9.71. The van der Waals surface area contributed by atoms with Gasteiger partial charge in [0.2, 0.25) is 0 Å². The first kappa shape index (κ1) is 27.0. The van der Waals surface area contributed by atoms with Gasteiger partial charge in [-0.25, -0.2) is 15.0 Å². The lowest BCUT2D eigenvalue weighted by molar-refractivity contribution is -0.136. The van der Waals surface area contributed by atoms with E-state index in [0.29, 0.717) is 17.5 Å². The van der Waals surface area contributed by atoms with Crippen molar-refractivity contribution >= 4 is 57.9 Å². The molecule has 0 unspecified atom stereocenters. The summed E-state index contributed by atoms with van der Waals surface area (Å²) in [4.78, 5) is 51.1. The maximum atomic E-state index is 12.6. The Morgan fingerprint density at radius 3 is 2.53 bits per heavy atom. The third-order valence-corrected chi connectivity index (χ3v) is 7.21. The minimum absolute atomic E-state index is 0.183. The maximum Gasteiger partial charge on any atom is 0.345 e. The number of benzene rings is 2. The van der Waals surface area contributed by atoms with E-state index in [4.69, 9.17) is 21.1 Å². The van der Waals surface area contributed by atoms with Crippen molar-refractivity contribution in [3.63, 3.8) is 0 Å². The highest BCUT2D eigenvalue weighted by Gasteiger charge is 2.28. The number of carbonyl (C=O) groups is 4. The first-order valence-electron chi connectivity index (χ1n) is 11.9. The van der Waals surface area contributed by atoms with Crippen molar-refractivity contribution in [3.05, 3.63) is 80.7 Å². The third kappa shape index (κ3) is 6.27. The van der Waals surface area contributed by atoms with Crippen molar-refractivity contribution < 1.29 is 28.7 Å². The quantitative estimate of drug-likeness (QED) is 0.143. The van der Waals surface area contributed by atoms with Crippen LogP contribution in [0.3, 0.4) is 0 Å². The van der Waals surface area contributed by atoms with Gasteiger partial charge in [-0.15, -0.1) is 11.3 Å². The van der Waals surface area contributed by atoms with Crippen molar-refractivity contribution in [2.75, 3.05) is 11.9 Å². The van der Waals surface area contributed by atoms with Crippen LogP contribution in [-0.2, 0) is 27.2 Å². The van der Waals surface area contributed by atoms with Crippen LogP contribution in [0.1, 0.15) is 56.5 Å². The number of fused-ring (bicyclic) bond motifs is 1. The van der Waals surface area contributed by atoms with E-state index in [1.54, 1.807) is 49.4 Å². The van der Waals surface area contributed by atoms with Gasteiger partial charge in [-0.1, -0.05) is 35.9 Å². The first-order chi connectivity index (χ1) is 18.4. The number of hydrogen-bond donors (Lipinski definition) is 2. The number of nitrogens with one attached hydrogen (secondary N) is 2. The highest BCUT2D eigenvalue weighted by molar-refractivity contribution is 7.17. The van der Waals surface area contributed by atoms with Crippen LogP contribution in [-0.4, -0.2) is 36.6 Å². The molecule has 4 rings (SSSR count). The molecule has 3 aromatic rings. The van der Waals surface area contributed by atoms with Crippen molar-refractivity contribution in [1.82, 2.24) is 5.43 Å². The molecule has 2 amide bonds. The van der Waals surface area contributed by atoms with Crippen LogP contribution >= 0.6 is 22.9 Å². The molecule has 0 saturated heterocycles. The van der Waals surface area contributed by atoms with Gasteiger partial charge in [0.15, 0.2) is 0 Å². The summed E-state index contributed by atoms with van der Waals surface area (Å²) >= 11 is 7.35. The van der Waals surface area contributed by atoms with E-state index in [1.807, 2.05) is 0 Å². The summed E-state index contributed by atoms with van der Waals surface area (Å²) in [5.74, 6) is -3.01. The molecule has 2 N–H and O–H groups in total. The van der Waals surface area contributed by atoms with Gasteiger partial charge in [-0.2, -0.15) is 5.10 Å². The molecule has 9 nitrogen and oxygen atoms in total. The van der Waals surface area contributed by atoms with Crippen molar-refractivity contribution in [2.24, 2.45) is 5.10 Å². The number of thiophene rings is 1. The van der Waals surface area contributed by atoms with E-state index in [9.17, 15) is 19.2 Å². The smallest absolute Gasteiger partial charge is 0.345 e. The first-order valence-corrected chi connectivity index (χ1v) is 13.1. The predicted octanol–water partition coefficient (Wildman–Crippen LogP) is 4.77. The summed E-state index contributed by atoms with van der Waals surface area (Å²) in [6, 6.07) is 13.0. The van der Waals surface area contributed by atoms with E-state index in [0.717, 1.165) is 29.7 Å². The molecule has 0 spiro atoms. The molecular weight excluding hydrogens is 530 g/mol. The number of rotatable bonds is 7. The molecule has 11 heteroatoms. The standard InChI is InChI=1S/C27H24ClN3O6S/c1-2-36-27(35)22-18-11-5-8-14-21(18)38-25(22)30-23(32)24(33)31-29-15-16-9-3-7-13-20(16)37-26(34)17-10-4-6-12-19(17)28/h3-4,6-7,9-10,12-13,15H,2,5,8,11,14H2,1H3,(H,30,32)(H,31,33). The Bertz CT molecular complexity index is 1420. The van der Waals surface area contributed by atoms with E-state index in [2.05, 4.69) is 15.8 Å². The van der Waals surface area contributed by atoms with Gasteiger partial charge in [-0.3, -0.25) is 9.59 Å². The summed E-state index contributed by atoms with van der Waals surface area (Å²) in [7, 11) is 0. The second kappa shape index (κ2) is 12.5. The summed E-state index contributed by atoms with van der Waals surface area (Å²) in [5, 5.41) is 6.89. The summed E-state index contributed by atoms with van der Waals surface area (Å²) in [5.41, 5.74) is 3.91. The SMILES string of the molecule is CCOC(=O)c1c(NC(=O)C(=O)NN=Cc2ccccc2OC(=O)c2ccccc2Cl)sc2c1CCCC2. The van der Waals surface area contributed by atoms with Crippen LogP contribution in [0.5, 0.6) is 5.75 Å². The Kier molecular flexibility index (Phi) is 8.88. The Labute approximate surface area is 227 Å². The lowest BCUT2D eigenvalue weighted by Gasteiger charge is -2.12. The lowest BCUT2D eigenvalue weighted by Crippen LogP contribution is -2.32. The largest absolute Gasteiger partial charge is 0.462 e. The maximum absolute atomic E-state index is 12.6. The van der Waals surface area contributed by atoms with E-state index in [1.165, 1.54) is 23.6 Å². The number of nitrogens with zero attached hydrogens (tertiary/aromatic N) is 1. The minimum atomic E-state index is -1.03. The van der Waals surface area contributed by atoms with Gasteiger partial charge in [0.05, 0.1) is 29.0 Å². The average molecular weight is 554 g/mol. The number of anilines is 1. The number of ether oxygens (including phenoxy) is 2. The van der Waals surface area contributed by atoms with Gasteiger partial charge in [0.1, 0.15) is 10.8 Å². The van der Waals surface area contributed by atoms with Gasteiger partial charge in [0.25, 0.3) is 0 Å². The van der Waals surface area contributed by atoms with Gasteiger partial charge in [-0.05, 0) is 62.4 Å². The van der Waals surface area contributed by atoms with Crippen LogP contribution in [0.4, 0.5) is 5.00 Å². The van der Waals surface area contributed by atoms with Crippen LogP contribution in [0.25, 0.3) is 0 Å². The number of hydrazone groups is 1. The molecule has 1 aliphatic carbocycles. The molecule has 0 aliphatic heterocycles. The van der Waals surface area contributed by atoms with E-state index >= 15 is 0 Å². The topological polar surface area (TPSA) is 123 Å². The number of amides is 2. The van der Waals surface area contributed by atoms with Crippen LogP contribution in [0.15, 0.2) is 53.6 Å². The molecule has 0 atom stereocenters. The molecule has 1 aromatic heterocycles. The predicted molar refractivity (Wildman–Crippen MR) is 144 cm³/mol. The highest BCUT2D eigenvalue weighted by Crippen LogP contribution is 2.38. The molecule has 1 aliphatic rings. The van der Waals surface area contributed by atoms with Crippen LogP contribution in [0, 0.1) is 0 Å². The number of para-hydroxylation sites is 1. The number of carbonyl (C=O) groups excluding carboxylic acids is 4. The zero-order chi connectivity index (χ0) is 27.1. The fraction of sp³-hybridized carbons (Fsp3) is 0.222. The fourth-order valence-corrected chi connectivity index (χ4v) is 5.39. The summed E-state index contributed by atoms with van der Waals surface area (Å²) in [6.45, 7) is 1.90. The highest BCUT2D eigenvalue weighted by atomic mass is 35.5. The summed E-state index contributed by atoms with van der Waals surface area (Å²) in [6.07, 6.45) is 4.70. The van der Waals surface area contributed by atoms with Gasteiger partial charge in [0, 0.05) is 10.4 Å². The van der Waals surface area contributed by atoms with Crippen molar-refractivity contribution in [3.8, 4) is 5.75 Å². The zero-order valence-electron chi connectivity index (χ0n) is 20.4. The molecule has 0 fully saturated rings. The number of aryl methyl sites for hydroxylation is 1. The molecule has 2 aromatic carbocycles. The number of hydrogen-bond acceptors (Lipinski definition) is 8. The van der Waals surface area contributed by atoms with Crippen LogP contribution < -0.4 is 15.5 Å². The zero-order valence-corrected chi connectivity index (χ0v) is 22.0. The molecule has 0 radical (unpaired) electrons. The van der Waals surface area contributed by atoms with E-state index in [-0.39, 0.29) is 27.9 Å². The molecule has 0 saturated carbocycles. The molecular formula is C27H24ClN3O6S. The van der Waals surface area contributed by atoms with Gasteiger partial charge >= 0.3 is 23.8 Å². The molecule has 38 heavy (non-hydrogen) atoms. The van der Waals surface area contributed by atoms with Crippen molar-refractivity contribution in [2.45, 2.75) is 32.6 Å². The minimum Gasteiger partial charge on any atom is -0.462 e. The Morgan fingerprint density at radius 1 is 1.00 bits per heavy atom. The molecule has 196 valence electrons. The normalized spacial score (nSPS) is 12.5. The average Bonchev–Trinajstić information content (AvgIpc) is 3.27. The molecule has 1 heterocycles. The lowest BCUT2D eigenvalue weighted by atomic mass is 9.95. The van der Waals surface area contributed by atoms with Gasteiger partial charge < -0.3 is 14.8 Å². The van der Waals surface area contributed by atoms with E-state index < -0.39 is 23.8 Å². The van der Waals surface area contributed by atoms with Crippen LogP contribution in [0.2, 0.25) is 5.02 Å². The molecule has 0 bridgehead atoms. The van der Waals surface area contributed by atoms with Crippen molar-refractivity contribution in [1.29, 1.82) is 0 Å². The Hall–Kier alpha value is -4.02.